The zero-order chi connectivity index (χ0) is 24.8. The van der Waals surface area contributed by atoms with E-state index in [2.05, 4.69) is 4.74 Å². The minimum atomic E-state index is -1.05. The summed E-state index contributed by atoms with van der Waals surface area (Å²) < 4.78 is 33.7. The molecule has 2 aromatic carbocycles. The lowest BCUT2D eigenvalue weighted by atomic mass is 10.0. The maximum Gasteiger partial charge on any atom is 0.308 e. The van der Waals surface area contributed by atoms with Gasteiger partial charge in [0.1, 0.15) is 11.6 Å². The first-order valence-electron chi connectivity index (χ1n) is 11.1. The molecule has 3 aromatic rings. The van der Waals surface area contributed by atoms with Crippen molar-refractivity contribution < 1.29 is 28.5 Å². The van der Waals surface area contributed by atoms with Gasteiger partial charge in [0, 0.05) is 23.9 Å². The second-order valence-corrected chi connectivity index (χ2v) is 8.45. The van der Waals surface area contributed by atoms with Crippen LogP contribution in [0.4, 0.5) is 8.78 Å². The fraction of sp³-hybridized carbons (Fsp3) is 0.296. The van der Waals surface area contributed by atoms with E-state index in [9.17, 15) is 23.8 Å². The van der Waals surface area contributed by atoms with Crippen LogP contribution in [0.5, 0.6) is 0 Å². The van der Waals surface area contributed by atoms with Gasteiger partial charge in [0.25, 0.3) is 0 Å². The summed E-state index contributed by atoms with van der Waals surface area (Å²) >= 11 is 0. The molecule has 0 saturated heterocycles. The molecule has 3 rings (SSSR count). The Morgan fingerprint density at radius 2 is 1.56 bits per heavy atom. The number of hydrogen-bond acceptors (Lipinski definition) is 4. The summed E-state index contributed by atoms with van der Waals surface area (Å²) in [7, 11) is 1.24. The van der Waals surface area contributed by atoms with Crippen LogP contribution in [0.2, 0.25) is 0 Å². The van der Waals surface area contributed by atoms with E-state index in [1.54, 1.807) is 30.5 Å². The highest BCUT2D eigenvalue weighted by Gasteiger charge is 2.20. The van der Waals surface area contributed by atoms with E-state index < -0.39 is 18.2 Å². The maximum absolute atomic E-state index is 13.6. The van der Waals surface area contributed by atoms with Crippen LogP contribution in [-0.2, 0) is 9.53 Å². The highest BCUT2D eigenvalue weighted by molar-refractivity contribution is 5.84. The maximum atomic E-state index is 13.6. The zero-order valence-corrected chi connectivity index (χ0v) is 19.4. The Hall–Kier alpha value is -3.29. The van der Waals surface area contributed by atoms with Gasteiger partial charge in [-0.1, -0.05) is 26.0 Å². The van der Waals surface area contributed by atoms with Crippen LogP contribution in [0.3, 0.4) is 0 Å². The Kier molecular flexibility index (Phi) is 8.36. The van der Waals surface area contributed by atoms with Crippen molar-refractivity contribution in [1.82, 2.24) is 4.57 Å². The van der Waals surface area contributed by atoms with Crippen LogP contribution in [0.25, 0.3) is 28.6 Å². The van der Waals surface area contributed by atoms with Gasteiger partial charge in [-0.2, -0.15) is 0 Å². The van der Waals surface area contributed by atoms with E-state index in [0.717, 1.165) is 28.1 Å². The first-order chi connectivity index (χ1) is 16.2. The van der Waals surface area contributed by atoms with Crippen LogP contribution in [0.1, 0.15) is 38.3 Å². The summed E-state index contributed by atoms with van der Waals surface area (Å²) in [6, 6.07) is 14.2. The summed E-state index contributed by atoms with van der Waals surface area (Å²) in [6.45, 7) is 4.05. The van der Waals surface area contributed by atoms with Crippen molar-refractivity contribution in [1.29, 1.82) is 0 Å². The largest absolute Gasteiger partial charge is 0.469 e. The summed E-state index contributed by atoms with van der Waals surface area (Å²) in [5, 5.41) is 20.5. The van der Waals surface area contributed by atoms with Crippen molar-refractivity contribution in [3.05, 3.63) is 78.0 Å². The molecule has 7 heteroatoms. The molecule has 0 saturated carbocycles. The van der Waals surface area contributed by atoms with Crippen LogP contribution >= 0.6 is 0 Å². The average molecular weight is 470 g/mol. The number of hydrogen-bond donors (Lipinski definition) is 2. The Labute approximate surface area is 197 Å². The molecule has 0 unspecified atom stereocenters. The minimum absolute atomic E-state index is 0.0411. The second-order valence-electron chi connectivity index (χ2n) is 8.45. The average Bonchev–Trinajstić information content (AvgIpc) is 3.18. The van der Waals surface area contributed by atoms with Crippen molar-refractivity contribution >= 4 is 12.2 Å². The first kappa shape index (κ1) is 25.3. The van der Waals surface area contributed by atoms with E-state index in [1.165, 1.54) is 37.5 Å². The molecule has 34 heavy (non-hydrogen) atoms. The Bertz CT molecular complexity index is 1130. The molecule has 1 aromatic heterocycles. The van der Waals surface area contributed by atoms with Crippen molar-refractivity contribution in [2.75, 3.05) is 7.11 Å². The molecule has 0 bridgehead atoms. The van der Waals surface area contributed by atoms with Crippen LogP contribution in [0, 0.1) is 11.6 Å². The highest BCUT2D eigenvalue weighted by atomic mass is 19.1. The molecular weight excluding hydrogens is 440 g/mol. The number of aliphatic hydroxyl groups excluding tert-OH is 2. The number of aliphatic hydroxyl groups is 2. The molecule has 2 atom stereocenters. The number of carbonyl (C=O) groups excluding carboxylic acids is 1. The van der Waals surface area contributed by atoms with E-state index in [0.29, 0.717) is 0 Å². The number of aromatic nitrogens is 1. The number of ether oxygens (including phenoxy) is 1. The number of nitrogens with zero attached hydrogens (tertiary/aromatic N) is 1. The Morgan fingerprint density at radius 1 is 1.00 bits per heavy atom. The van der Waals surface area contributed by atoms with Crippen molar-refractivity contribution in [2.45, 2.75) is 44.8 Å². The zero-order valence-electron chi connectivity index (χ0n) is 19.4. The van der Waals surface area contributed by atoms with E-state index in [1.807, 2.05) is 24.5 Å². The molecule has 5 nitrogen and oxygen atoms in total. The van der Waals surface area contributed by atoms with Gasteiger partial charge in [0.15, 0.2) is 0 Å². The lowest BCUT2D eigenvalue weighted by Crippen LogP contribution is -2.20. The standard InChI is InChI=1S/C27H29F2NO4/c1-17(2)25-16-24(18-4-8-20(28)9-5-18)27(19-6-10-21(29)11-7-19)30(25)13-12-22(31)14-23(32)15-26(33)34-3/h4-13,16-17,22-23,31-32H,14-15H2,1-3H3/b13-12+/t22-,23-/m1/s1. The predicted molar refractivity (Wildman–Crippen MR) is 128 cm³/mol. The third kappa shape index (κ3) is 6.18. The molecule has 0 aliphatic carbocycles. The fourth-order valence-corrected chi connectivity index (χ4v) is 3.80. The fourth-order valence-electron chi connectivity index (χ4n) is 3.80. The number of halogens is 2. The summed E-state index contributed by atoms with van der Waals surface area (Å²) in [5.74, 6) is -1.16. The summed E-state index contributed by atoms with van der Waals surface area (Å²) in [6.07, 6.45) is 0.924. The third-order valence-electron chi connectivity index (χ3n) is 5.53. The smallest absolute Gasteiger partial charge is 0.308 e. The van der Waals surface area contributed by atoms with Gasteiger partial charge >= 0.3 is 5.97 Å². The molecule has 0 aliphatic rings. The number of carbonyl (C=O) groups is 1. The third-order valence-corrected chi connectivity index (χ3v) is 5.53. The lowest BCUT2D eigenvalue weighted by Gasteiger charge is -2.15. The van der Waals surface area contributed by atoms with Gasteiger partial charge in [-0.25, -0.2) is 8.78 Å². The van der Waals surface area contributed by atoms with E-state index >= 15 is 0 Å². The van der Waals surface area contributed by atoms with Crippen molar-refractivity contribution in [3.63, 3.8) is 0 Å². The molecule has 0 spiro atoms. The number of methoxy groups -OCH3 is 1. The predicted octanol–water partition coefficient (Wildman–Crippen LogP) is 5.37. The van der Waals surface area contributed by atoms with E-state index in [4.69, 9.17) is 0 Å². The SMILES string of the molecule is COC(=O)C[C@H](O)C[C@H](O)/C=C/n1c(C(C)C)cc(-c2ccc(F)cc2)c1-c1ccc(F)cc1. The Morgan fingerprint density at radius 3 is 2.09 bits per heavy atom. The van der Waals surface area contributed by atoms with Gasteiger partial charge in [0.05, 0.1) is 31.4 Å². The molecule has 180 valence electrons. The van der Waals surface area contributed by atoms with E-state index in [-0.39, 0.29) is 30.4 Å². The van der Waals surface area contributed by atoms with Gasteiger partial charge in [-0.15, -0.1) is 0 Å². The van der Waals surface area contributed by atoms with Crippen LogP contribution < -0.4 is 0 Å². The van der Waals surface area contributed by atoms with Gasteiger partial charge < -0.3 is 19.5 Å². The van der Waals surface area contributed by atoms with Crippen LogP contribution in [0.15, 0.2) is 60.7 Å². The van der Waals surface area contributed by atoms with Crippen molar-refractivity contribution in [2.24, 2.45) is 0 Å². The van der Waals surface area contributed by atoms with Crippen LogP contribution in [-0.4, -0.2) is 40.1 Å². The van der Waals surface area contributed by atoms with Gasteiger partial charge in [-0.3, -0.25) is 4.79 Å². The second kappa shape index (κ2) is 11.2. The molecular formula is C27H29F2NO4. The first-order valence-corrected chi connectivity index (χ1v) is 11.1. The quantitative estimate of drug-likeness (QED) is 0.414. The molecule has 0 radical (unpaired) electrons. The monoisotopic (exact) mass is 469 g/mol. The molecule has 2 N–H and O–H groups in total. The molecule has 0 amide bonds. The number of esters is 1. The molecule has 0 fully saturated rings. The van der Waals surface area contributed by atoms with Gasteiger partial charge in [0.2, 0.25) is 0 Å². The topological polar surface area (TPSA) is 71.7 Å². The van der Waals surface area contributed by atoms with Crippen molar-refractivity contribution in [3.8, 4) is 22.4 Å². The highest BCUT2D eigenvalue weighted by Crippen LogP contribution is 2.38. The normalized spacial score (nSPS) is 13.4. The Balaban J connectivity index is 2.05. The number of rotatable bonds is 9. The minimum Gasteiger partial charge on any atom is -0.469 e. The lowest BCUT2D eigenvalue weighted by molar-refractivity contribution is -0.143. The molecule has 1 heterocycles. The summed E-state index contributed by atoms with van der Waals surface area (Å²) in [4.78, 5) is 11.4. The van der Waals surface area contributed by atoms with Gasteiger partial charge in [-0.05, 0) is 65.6 Å². The summed E-state index contributed by atoms with van der Waals surface area (Å²) in [5.41, 5.74) is 4.06. The number of benzene rings is 2. The molecule has 0 aliphatic heterocycles.